The van der Waals surface area contributed by atoms with Gasteiger partial charge in [-0.1, -0.05) is 19.0 Å². The summed E-state index contributed by atoms with van der Waals surface area (Å²) in [6, 6.07) is 1.93. The summed E-state index contributed by atoms with van der Waals surface area (Å²) in [5, 5.41) is 9.93. The highest BCUT2D eigenvalue weighted by molar-refractivity contribution is 7.09. The Labute approximate surface area is 139 Å². The number of nitrogens with zero attached hydrogens (tertiary/aromatic N) is 3. The van der Waals surface area contributed by atoms with E-state index in [2.05, 4.69) is 29.3 Å². The lowest BCUT2D eigenvalue weighted by molar-refractivity contribution is 0.150. The van der Waals surface area contributed by atoms with Gasteiger partial charge in [0, 0.05) is 24.2 Å². The Balaban J connectivity index is 1.61. The number of piperidine rings is 1. The van der Waals surface area contributed by atoms with Crippen molar-refractivity contribution in [1.82, 2.24) is 20.4 Å². The third-order valence-electron chi connectivity index (χ3n) is 4.08. The fourth-order valence-electron chi connectivity index (χ4n) is 2.78. The Morgan fingerprint density at radius 2 is 2.39 bits per heavy atom. The van der Waals surface area contributed by atoms with Gasteiger partial charge in [0.1, 0.15) is 5.01 Å². The molecule has 7 heteroatoms. The fourth-order valence-corrected chi connectivity index (χ4v) is 3.56. The molecule has 1 fully saturated rings. The smallest absolute Gasteiger partial charge is 0.318 e. The lowest BCUT2D eigenvalue weighted by Gasteiger charge is -2.34. The van der Waals surface area contributed by atoms with Crippen LogP contribution < -0.4 is 5.32 Å². The van der Waals surface area contributed by atoms with Crippen LogP contribution in [0.25, 0.3) is 0 Å². The summed E-state index contributed by atoms with van der Waals surface area (Å²) in [5.41, 5.74) is 0.910. The third kappa shape index (κ3) is 3.72. The maximum atomic E-state index is 12.5. The SMILES string of the molecule is CC(C)c1cc(CNC(=O)N2CCCC[C@H]2c2nccs2)on1. The van der Waals surface area contributed by atoms with Gasteiger partial charge in [0.25, 0.3) is 0 Å². The topological polar surface area (TPSA) is 71.3 Å². The van der Waals surface area contributed by atoms with E-state index in [9.17, 15) is 4.79 Å². The molecular weight excluding hydrogens is 312 g/mol. The molecule has 1 N–H and O–H groups in total. The minimum absolute atomic E-state index is 0.0626. The van der Waals surface area contributed by atoms with Gasteiger partial charge in [-0.05, 0) is 25.2 Å². The first-order valence-corrected chi connectivity index (χ1v) is 8.92. The van der Waals surface area contributed by atoms with Crippen LogP contribution in [-0.2, 0) is 6.54 Å². The summed E-state index contributed by atoms with van der Waals surface area (Å²) in [6.45, 7) is 5.25. The van der Waals surface area contributed by atoms with Crippen molar-refractivity contribution >= 4 is 17.4 Å². The van der Waals surface area contributed by atoms with Gasteiger partial charge < -0.3 is 14.7 Å². The number of likely N-dealkylation sites (tertiary alicyclic amines) is 1. The summed E-state index contributed by atoms with van der Waals surface area (Å²) in [5.74, 6) is 1.00. The van der Waals surface area contributed by atoms with Crippen molar-refractivity contribution in [3.05, 3.63) is 34.1 Å². The molecule has 2 amide bonds. The minimum atomic E-state index is -0.0626. The first-order chi connectivity index (χ1) is 11.1. The second kappa shape index (κ2) is 7.12. The Bertz CT molecular complexity index is 638. The normalized spacial score (nSPS) is 18.4. The van der Waals surface area contributed by atoms with E-state index in [0.29, 0.717) is 18.2 Å². The van der Waals surface area contributed by atoms with Crippen LogP contribution in [0.5, 0.6) is 0 Å². The molecule has 0 unspecified atom stereocenters. The minimum Gasteiger partial charge on any atom is -0.359 e. The number of amides is 2. The molecule has 124 valence electrons. The maximum absolute atomic E-state index is 12.5. The molecule has 23 heavy (non-hydrogen) atoms. The largest absolute Gasteiger partial charge is 0.359 e. The molecule has 3 rings (SSSR count). The van der Waals surface area contributed by atoms with Crippen LogP contribution in [0.3, 0.4) is 0 Å². The van der Waals surface area contributed by atoms with Gasteiger partial charge >= 0.3 is 6.03 Å². The van der Waals surface area contributed by atoms with E-state index in [1.807, 2.05) is 16.3 Å². The van der Waals surface area contributed by atoms with Crippen LogP contribution in [0.15, 0.2) is 22.2 Å². The molecule has 3 heterocycles. The number of urea groups is 1. The maximum Gasteiger partial charge on any atom is 0.318 e. The molecule has 1 atom stereocenters. The lowest BCUT2D eigenvalue weighted by atomic mass is 10.0. The number of aromatic nitrogens is 2. The Kier molecular flexibility index (Phi) is 4.95. The first kappa shape index (κ1) is 16.0. The molecule has 1 saturated heterocycles. The summed E-state index contributed by atoms with van der Waals surface area (Å²) < 4.78 is 5.27. The van der Waals surface area contributed by atoms with E-state index in [1.54, 1.807) is 17.5 Å². The number of thiazole rings is 1. The standard InChI is InChI=1S/C16H22N4O2S/c1-11(2)13-9-12(22-19-13)10-18-16(21)20-7-4-3-5-14(20)15-17-6-8-23-15/h6,8-9,11,14H,3-5,7,10H2,1-2H3,(H,18,21)/t14-/m0/s1. The molecule has 0 bridgehead atoms. The molecular formula is C16H22N4O2S. The van der Waals surface area contributed by atoms with E-state index >= 15 is 0 Å². The van der Waals surface area contributed by atoms with Gasteiger partial charge in [-0.15, -0.1) is 11.3 Å². The number of hydrogen-bond donors (Lipinski definition) is 1. The van der Waals surface area contributed by atoms with E-state index in [0.717, 1.165) is 36.5 Å². The second-order valence-corrected chi connectivity index (χ2v) is 7.03. The number of carbonyl (C=O) groups is 1. The molecule has 2 aromatic heterocycles. The van der Waals surface area contributed by atoms with Crippen molar-refractivity contribution < 1.29 is 9.32 Å². The average Bonchev–Trinajstić information content (AvgIpc) is 3.24. The van der Waals surface area contributed by atoms with Gasteiger partial charge in [-0.2, -0.15) is 0 Å². The quantitative estimate of drug-likeness (QED) is 0.925. The van der Waals surface area contributed by atoms with Crippen LogP contribution in [0.1, 0.15) is 61.5 Å². The third-order valence-corrected chi connectivity index (χ3v) is 4.96. The predicted octanol–water partition coefficient (Wildman–Crippen LogP) is 3.69. The number of nitrogens with one attached hydrogen (secondary N) is 1. The van der Waals surface area contributed by atoms with Crippen molar-refractivity contribution in [3.8, 4) is 0 Å². The van der Waals surface area contributed by atoms with Crippen molar-refractivity contribution in [3.63, 3.8) is 0 Å². The number of rotatable bonds is 4. The van der Waals surface area contributed by atoms with Gasteiger partial charge in [0.2, 0.25) is 0 Å². The molecule has 6 nitrogen and oxygen atoms in total. The van der Waals surface area contributed by atoms with Crippen LogP contribution >= 0.6 is 11.3 Å². The van der Waals surface area contributed by atoms with Gasteiger partial charge in [0.15, 0.2) is 5.76 Å². The Hall–Kier alpha value is -1.89. The summed E-state index contributed by atoms with van der Waals surface area (Å²) in [6.07, 6.45) is 4.94. The number of carbonyl (C=O) groups excluding carboxylic acids is 1. The van der Waals surface area contributed by atoms with E-state index in [1.165, 1.54) is 0 Å². The molecule has 2 aromatic rings. The van der Waals surface area contributed by atoms with Crippen molar-refractivity contribution in [2.24, 2.45) is 0 Å². The first-order valence-electron chi connectivity index (χ1n) is 8.04. The van der Waals surface area contributed by atoms with Crippen LogP contribution in [0.2, 0.25) is 0 Å². The highest BCUT2D eigenvalue weighted by Gasteiger charge is 2.29. The molecule has 0 aliphatic carbocycles. The zero-order chi connectivity index (χ0) is 16.2. The molecule has 0 radical (unpaired) electrons. The summed E-state index contributed by atoms with van der Waals surface area (Å²) in [4.78, 5) is 18.8. The van der Waals surface area contributed by atoms with Crippen molar-refractivity contribution in [1.29, 1.82) is 0 Å². The zero-order valence-corrected chi connectivity index (χ0v) is 14.3. The molecule has 0 saturated carbocycles. The monoisotopic (exact) mass is 334 g/mol. The fraction of sp³-hybridized carbons (Fsp3) is 0.562. The van der Waals surface area contributed by atoms with Crippen LogP contribution in [0.4, 0.5) is 4.79 Å². The molecule has 1 aliphatic rings. The Morgan fingerprint density at radius 3 is 3.09 bits per heavy atom. The predicted molar refractivity (Wildman–Crippen MR) is 88.2 cm³/mol. The van der Waals surface area contributed by atoms with Crippen molar-refractivity contribution in [2.75, 3.05) is 6.54 Å². The van der Waals surface area contributed by atoms with Gasteiger partial charge in [-0.25, -0.2) is 9.78 Å². The van der Waals surface area contributed by atoms with Crippen LogP contribution in [-0.4, -0.2) is 27.6 Å². The summed E-state index contributed by atoms with van der Waals surface area (Å²) >= 11 is 1.61. The van der Waals surface area contributed by atoms with Crippen molar-refractivity contribution in [2.45, 2.75) is 51.6 Å². The van der Waals surface area contributed by atoms with Crippen LogP contribution in [0, 0.1) is 0 Å². The van der Waals surface area contributed by atoms with Gasteiger partial charge in [0.05, 0.1) is 18.3 Å². The summed E-state index contributed by atoms with van der Waals surface area (Å²) in [7, 11) is 0. The number of hydrogen-bond acceptors (Lipinski definition) is 5. The molecule has 1 aliphatic heterocycles. The van der Waals surface area contributed by atoms with E-state index < -0.39 is 0 Å². The van der Waals surface area contributed by atoms with E-state index in [4.69, 9.17) is 4.52 Å². The average molecular weight is 334 g/mol. The lowest BCUT2D eigenvalue weighted by Crippen LogP contribution is -2.44. The van der Waals surface area contributed by atoms with Gasteiger partial charge in [-0.3, -0.25) is 0 Å². The highest BCUT2D eigenvalue weighted by atomic mass is 32.1. The zero-order valence-electron chi connectivity index (χ0n) is 13.5. The highest BCUT2D eigenvalue weighted by Crippen LogP contribution is 2.31. The molecule has 0 aromatic carbocycles. The Morgan fingerprint density at radius 1 is 1.52 bits per heavy atom. The van der Waals surface area contributed by atoms with E-state index in [-0.39, 0.29) is 12.1 Å². The second-order valence-electron chi connectivity index (χ2n) is 6.11. The molecule has 0 spiro atoms.